The van der Waals surface area contributed by atoms with E-state index in [4.69, 9.17) is 4.74 Å². The molecule has 2 rings (SSSR count). The molecule has 0 unspecified atom stereocenters. The first-order valence-electron chi connectivity index (χ1n) is 6.81. The van der Waals surface area contributed by atoms with Crippen LogP contribution in [0.5, 0.6) is 5.75 Å². The summed E-state index contributed by atoms with van der Waals surface area (Å²) in [5.74, 6) is 0.134. The molecule has 0 aliphatic carbocycles. The zero-order valence-electron chi connectivity index (χ0n) is 11.9. The smallest absolute Gasteiger partial charge is 0.212 e. The number of hydrogen-bond donors (Lipinski definition) is 1. The Labute approximate surface area is 129 Å². The van der Waals surface area contributed by atoms with Crippen LogP contribution in [0.25, 0.3) is 0 Å². The van der Waals surface area contributed by atoms with Crippen LogP contribution < -0.4 is 9.46 Å². The van der Waals surface area contributed by atoms with Crippen molar-refractivity contribution < 1.29 is 17.5 Å². The Kier molecular flexibility index (Phi) is 5.85. The van der Waals surface area contributed by atoms with Crippen molar-refractivity contribution in [1.82, 2.24) is 9.71 Å². The van der Waals surface area contributed by atoms with Crippen LogP contribution in [0.15, 0.2) is 48.7 Å². The Balaban J connectivity index is 1.70. The molecule has 0 spiro atoms. The third-order valence-corrected chi connectivity index (χ3v) is 4.25. The molecule has 1 heterocycles. The maximum absolute atomic E-state index is 12.7. The van der Waals surface area contributed by atoms with Gasteiger partial charge < -0.3 is 4.74 Å². The minimum atomic E-state index is -3.37. The van der Waals surface area contributed by atoms with E-state index < -0.39 is 10.0 Å². The van der Waals surface area contributed by atoms with Gasteiger partial charge in [0.25, 0.3) is 0 Å². The average molecular weight is 324 g/mol. The second-order valence-electron chi connectivity index (χ2n) is 4.62. The zero-order valence-corrected chi connectivity index (χ0v) is 12.7. The van der Waals surface area contributed by atoms with Crippen LogP contribution >= 0.6 is 0 Å². The largest absolute Gasteiger partial charge is 0.494 e. The second-order valence-corrected chi connectivity index (χ2v) is 6.54. The lowest BCUT2D eigenvalue weighted by Gasteiger charge is -2.08. The maximum Gasteiger partial charge on any atom is 0.212 e. The highest BCUT2D eigenvalue weighted by Crippen LogP contribution is 2.11. The van der Waals surface area contributed by atoms with E-state index >= 15 is 0 Å². The average Bonchev–Trinajstić information content (AvgIpc) is 2.52. The first-order chi connectivity index (χ1) is 10.6. The number of hydrogen-bond acceptors (Lipinski definition) is 4. The number of nitrogens with one attached hydrogen (secondary N) is 1. The molecule has 1 N–H and O–H groups in total. The minimum Gasteiger partial charge on any atom is -0.494 e. The van der Waals surface area contributed by atoms with Gasteiger partial charge >= 0.3 is 0 Å². The Morgan fingerprint density at radius 1 is 1.14 bits per heavy atom. The predicted molar refractivity (Wildman–Crippen MR) is 81.4 cm³/mol. The van der Waals surface area contributed by atoms with Gasteiger partial charge in [-0.2, -0.15) is 0 Å². The van der Waals surface area contributed by atoms with Gasteiger partial charge in [-0.3, -0.25) is 4.98 Å². The SMILES string of the molecule is O=S(=O)(CCCOc1ccc(F)cc1)NCc1ccccn1. The quantitative estimate of drug-likeness (QED) is 0.755. The van der Waals surface area contributed by atoms with Gasteiger partial charge in [-0.25, -0.2) is 17.5 Å². The van der Waals surface area contributed by atoms with Crippen molar-refractivity contribution in [2.24, 2.45) is 0 Å². The zero-order chi connectivity index (χ0) is 15.8. The molecule has 0 saturated carbocycles. The number of rotatable bonds is 8. The third kappa shape index (κ3) is 5.79. The molecule has 0 aliphatic heterocycles. The van der Waals surface area contributed by atoms with Crippen molar-refractivity contribution in [3.63, 3.8) is 0 Å². The second kappa shape index (κ2) is 7.86. The number of aromatic nitrogens is 1. The standard InChI is InChI=1S/C15H17FN2O3S/c16-13-5-7-15(8-6-13)21-10-3-11-22(19,20)18-12-14-4-1-2-9-17-14/h1-2,4-9,18H,3,10-12H2. The molecule has 7 heteroatoms. The molecule has 1 aromatic heterocycles. The van der Waals surface area contributed by atoms with Crippen molar-refractivity contribution in [2.75, 3.05) is 12.4 Å². The molecule has 0 fully saturated rings. The van der Waals surface area contributed by atoms with Crippen LogP contribution in [0.2, 0.25) is 0 Å². The van der Waals surface area contributed by atoms with E-state index in [-0.39, 0.29) is 24.7 Å². The Hall–Kier alpha value is -1.99. The van der Waals surface area contributed by atoms with Crippen LogP contribution in [0.3, 0.4) is 0 Å². The molecular weight excluding hydrogens is 307 g/mol. The van der Waals surface area contributed by atoms with Gasteiger partial charge in [0.1, 0.15) is 11.6 Å². The van der Waals surface area contributed by atoms with E-state index in [1.165, 1.54) is 24.3 Å². The molecule has 22 heavy (non-hydrogen) atoms. The summed E-state index contributed by atoms with van der Waals surface area (Å²) in [6, 6.07) is 10.9. The van der Waals surface area contributed by atoms with Crippen LogP contribution in [0.1, 0.15) is 12.1 Å². The number of ether oxygens (including phenoxy) is 1. The highest BCUT2D eigenvalue weighted by Gasteiger charge is 2.10. The van der Waals surface area contributed by atoms with E-state index in [9.17, 15) is 12.8 Å². The minimum absolute atomic E-state index is 0.0406. The van der Waals surface area contributed by atoms with Gasteiger partial charge in [0.15, 0.2) is 0 Å². The van der Waals surface area contributed by atoms with E-state index in [0.717, 1.165) is 0 Å². The van der Waals surface area contributed by atoms with Crippen LogP contribution in [-0.2, 0) is 16.6 Å². The molecule has 0 radical (unpaired) electrons. The van der Waals surface area contributed by atoms with Gasteiger partial charge in [-0.1, -0.05) is 6.07 Å². The van der Waals surface area contributed by atoms with Crippen molar-refractivity contribution in [3.8, 4) is 5.75 Å². The summed E-state index contributed by atoms with van der Waals surface area (Å²) in [6.07, 6.45) is 1.95. The number of halogens is 1. The first kappa shape index (κ1) is 16.4. The predicted octanol–water partition coefficient (Wildman–Crippen LogP) is 2.11. The fourth-order valence-corrected chi connectivity index (χ4v) is 2.74. The summed E-state index contributed by atoms with van der Waals surface area (Å²) in [6.45, 7) is 0.415. The van der Waals surface area contributed by atoms with Crippen molar-refractivity contribution in [2.45, 2.75) is 13.0 Å². The summed E-state index contributed by atoms with van der Waals surface area (Å²) in [4.78, 5) is 4.04. The summed E-state index contributed by atoms with van der Waals surface area (Å²) in [7, 11) is -3.37. The molecule has 5 nitrogen and oxygen atoms in total. The first-order valence-corrected chi connectivity index (χ1v) is 8.46. The fourth-order valence-electron chi connectivity index (χ4n) is 1.73. The monoisotopic (exact) mass is 324 g/mol. The lowest BCUT2D eigenvalue weighted by atomic mass is 10.3. The summed E-state index contributed by atoms with van der Waals surface area (Å²) in [5.41, 5.74) is 0.661. The van der Waals surface area contributed by atoms with Gasteiger partial charge in [-0.15, -0.1) is 0 Å². The van der Waals surface area contributed by atoms with E-state index in [1.807, 2.05) is 0 Å². The maximum atomic E-state index is 12.7. The lowest BCUT2D eigenvalue weighted by Crippen LogP contribution is -2.27. The molecule has 0 saturated heterocycles. The normalized spacial score (nSPS) is 11.3. The highest BCUT2D eigenvalue weighted by atomic mass is 32.2. The van der Waals surface area contributed by atoms with Crippen molar-refractivity contribution in [3.05, 3.63) is 60.2 Å². The molecule has 0 amide bonds. The summed E-state index contributed by atoms with van der Waals surface area (Å²) >= 11 is 0. The third-order valence-electron chi connectivity index (χ3n) is 2.84. The molecular formula is C15H17FN2O3S. The topological polar surface area (TPSA) is 68.3 Å². The Morgan fingerprint density at radius 3 is 2.59 bits per heavy atom. The number of sulfonamides is 1. The van der Waals surface area contributed by atoms with Crippen LogP contribution in [0, 0.1) is 5.82 Å². The van der Waals surface area contributed by atoms with Gasteiger partial charge in [0.05, 0.1) is 24.6 Å². The van der Waals surface area contributed by atoms with E-state index in [1.54, 1.807) is 24.4 Å². The van der Waals surface area contributed by atoms with Crippen molar-refractivity contribution >= 4 is 10.0 Å². The fraction of sp³-hybridized carbons (Fsp3) is 0.267. The van der Waals surface area contributed by atoms with Gasteiger partial charge in [0.2, 0.25) is 10.0 Å². The van der Waals surface area contributed by atoms with Gasteiger partial charge in [0, 0.05) is 6.20 Å². The van der Waals surface area contributed by atoms with Crippen LogP contribution in [-0.4, -0.2) is 25.8 Å². The molecule has 1 aromatic carbocycles. The van der Waals surface area contributed by atoms with Crippen molar-refractivity contribution in [1.29, 1.82) is 0 Å². The summed E-state index contributed by atoms with van der Waals surface area (Å²) < 4.78 is 44.2. The summed E-state index contributed by atoms with van der Waals surface area (Å²) in [5, 5.41) is 0. The number of benzene rings is 1. The molecule has 0 bridgehead atoms. The van der Waals surface area contributed by atoms with E-state index in [0.29, 0.717) is 17.9 Å². The molecule has 2 aromatic rings. The lowest BCUT2D eigenvalue weighted by molar-refractivity contribution is 0.317. The van der Waals surface area contributed by atoms with Crippen LogP contribution in [0.4, 0.5) is 4.39 Å². The molecule has 0 atom stereocenters. The molecule has 118 valence electrons. The number of nitrogens with zero attached hydrogens (tertiary/aromatic N) is 1. The highest BCUT2D eigenvalue weighted by molar-refractivity contribution is 7.89. The number of pyridine rings is 1. The Morgan fingerprint density at radius 2 is 1.91 bits per heavy atom. The Bertz CT molecular complexity index is 676. The van der Waals surface area contributed by atoms with E-state index in [2.05, 4.69) is 9.71 Å². The van der Waals surface area contributed by atoms with Gasteiger partial charge in [-0.05, 0) is 42.8 Å². The molecule has 0 aliphatic rings.